The Morgan fingerprint density at radius 2 is 1.73 bits per heavy atom. The number of anilines is 1. The highest BCUT2D eigenvalue weighted by Crippen LogP contribution is 2.68. The molecule has 0 spiro atoms. The van der Waals surface area contributed by atoms with Gasteiger partial charge < -0.3 is 10.2 Å². The average Bonchev–Trinajstić information content (AvgIpc) is 3.29. The predicted molar refractivity (Wildman–Crippen MR) is 178 cm³/mol. The van der Waals surface area contributed by atoms with E-state index in [0.717, 1.165) is 55.4 Å². The van der Waals surface area contributed by atoms with Gasteiger partial charge in [0.15, 0.2) is 0 Å². The number of carbonyl (C=O) groups is 1. The number of halogens is 1. The number of hydrogen-bond acceptors (Lipinski definition) is 2. The highest BCUT2D eigenvalue weighted by atomic mass is 127. The molecule has 1 aromatic carbocycles. The topological polar surface area (TPSA) is 32.3 Å². The summed E-state index contributed by atoms with van der Waals surface area (Å²) in [4.78, 5) is 15.6. The molecule has 224 valence electrons. The van der Waals surface area contributed by atoms with Crippen LogP contribution in [0.4, 0.5) is 5.69 Å². The molecule has 0 aromatic heterocycles. The molecule has 1 heterocycles. The minimum Gasteiger partial charge on any atom is -0.369 e. The number of hydrogen-bond donors (Lipinski definition) is 1. The number of nitrogens with one attached hydrogen (secondary N) is 1. The minimum atomic E-state index is 0. The summed E-state index contributed by atoms with van der Waals surface area (Å²) < 4.78 is 0. The third-order valence-corrected chi connectivity index (χ3v) is 13.5. The molecule has 1 aromatic rings. The van der Waals surface area contributed by atoms with Gasteiger partial charge in [-0.3, -0.25) is 4.79 Å². The fraction of sp³-hybridized carbons (Fsp3) is 0.806. The first kappa shape index (κ1) is 30.7. The predicted octanol–water partition coefficient (Wildman–Crippen LogP) is 9.24. The van der Waals surface area contributed by atoms with Gasteiger partial charge in [-0.05, 0) is 136 Å². The lowest BCUT2D eigenvalue weighted by atomic mass is 9.44. The molecule has 1 N–H and O–H groups in total. The number of amides is 1. The van der Waals surface area contributed by atoms with Crippen LogP contribution in [-0.2, 0) is 4.79 Å². The maximum absolute atomic E-state index is 13.1. The summed E-state index contributed by atoms with van der Waals surface area (Å²) in [6, 6.07) is 11.5. The fourth-order valence-corrected chi connectivity index (χ4v) is 11.4. The van der Waals surface area contributed by atoms with Gasteiger partial charge in [0, 0.05) is 30.7 Å². The Balaban J connectivity index is 0.00000323. The zero-order valence-corrected chi connectivity index (χ0v) is 28.2. The van der Waals surface area contributed by atoms with Gasteiger partial charge in [-0.2, -0.15) is 0 Å². The quantitative estimate of drug-likeness (QED) is 0.309. The van der Waals surface area contributed by atoms with Crippen LogP contribution in [0.15, 0.2) is 30.3 Å². The summed E-state index contributed by atoms with van der Waals surface area (Å²) in [6.45, 7) is 11.2. The van der Waals surface area contributed by atoms with Crippen LogP contribution < -0.4 is 10.2 Å². The molecular weight excluding hydrogens is 603 g/mol. The SMILES string of the molecule is CC1CC(NC(=O)CC[C@@H](C)[C@H]2CC[C@H]3[C@@H]4CCC5CCCC[C@]5(C)[C@H]4CC[C@]23C)CCN1c1ccccc1.I. The molecule has 6 rings (SSSR count). The molecule has 5 aliphatic rings. The molecule has 3 nitrogen and oxygen atoms in total. The highest BCUT2D eigenvalue weighted by molar-refractivity contribution is 14.0. The molecule has 1 saturated heterocycles. The van der Waals surface area contributed by atoms with Crippen molar-refractivity contribution in [1.82, 2.24) is 5.32 Å². The number of nitrogens with zero attached hydrogens (tertiary/aromatic N) is 1. The Kier molecular flexibility index (Phi) is 9.54. The summed E-state index contributed by atoms with van der Waals surface area (Å²) in [5, 5.41) is 3.44. The summed E-state index contributed by atoms with van der Waals surface area (Å²) in [7, 11) is 0. The van der Waals surface area contributed by atoms with Crippen molar-refractivity contribution in [1.29, 1.82) is 0 Å². The maximum atomic E-state index is 13.1. The smallest absolute Gasteiger partial charge is 0.220 e. The summed E-state index contributed by atoms with van der Waals surface area (Å²) in [5.41, 5.74) is 2.45. The van der Waals surface area contributed by atoms with Crippen LogP contribution in [0.2, 0.25) is 0 Å². The number of para-hydroxylation sites is 1. The van der Waals surface area contributed by atoms with E-state index in [-0.39, 0.29) is 24.0 Å². The van der Waals surface area contributed by atoms with Crippen LogP contribution in [0.1, 0.15) is 118 Å². The molecule has 10 atom stereocenters. The number of fused-ring (bicyclic) bond motifs is 5. The molecule has 1 aliphatic heterocycles. The first-order valence-corrected chi connectivity index (χ1v) is 16.9. The van der Waals surface area contributed by atoms with Crippen LogP contribution in [0, 0.1) is 46.3 Å². The second kappa shape index (κ2) is 12.4. The van der Waals surface area contributed by atoms with Crippen molar-refractivity contribution in [2.24, 2.45) is 46.3 Å². The molecule has 4 saturated carbocycles. The van der Waals surface area contributed by atoms with Crippen LogP contribution in [0.3, 0.4) is 0 Å². The summed E-state index contributed by atoms with van der Waals surface area (Å²) in [5.74, 6) is 5.68. The molecule has 4 heteroatoms. The summed E-state index contributed by atoms with van der Waals surface area (Å²) >= 11 is 0. The van der Waals surface area contributed by atoms with Gasteiger partial charge in [-0.15, -0.1) is 24.0 Å². The Morgan fingerprint density at radius 1 is 0.950 bits per heavy atom. The molecule has 40 heavy (non-hydrogen) atoms. The number of carbonyl (C=O) groups excluding carboxylic acids is 1. The third kappa shape index (κ3) is 5.62. The average molecular weight is 661 g/mol. The molecule has 3 unspecified atom stereocenters. The molecule has 1 amide bonds. The first-order chi connectivity index (χ1) is 18.8. The van der Waals surface area contributed by atoms with Gasteiger partial charge in [0.2, 0.25) is 5.91 Å². The molecule has 0 radical (unpaired) electrons. The van der Waals surface area contributed by atoms with Gasteiger partial charge in [0.05, 0.1) is 0 Å². The Bertz CT molecular complexity index is 1000. The van der Waals surface area contributed by atoms with Crippen LogP contribution in [-0.4, -0.2) is 24.5 Å². The monoisotopic (exact) mass is 660 g/mol. The van der Waals surface area contributed by atoms with E-state index in [4.69, 9.17) is 0 Å². The van der Waals surface area contributed by atoms with Gasteiger partial charge in [0.1, 0.15) is 0 Å². The second-order valence-electron chi connectivity index (χ2n) is 15.3. The number of piperidine rings is 1. The minimum absolute atomic E-state index is 0. The fourth-order valence-electron chi connectivity index (χ4n) is 11.4. The standard InChI is InChI=1S/C36H56N2O.HI/c1-25(13-18-34(39)37-28-20-23-38(26(2)24-28)29-11-6-5-7-12-29)31-16-17-32-30-15-14-27-10-8-9-21-35(27,3)33(30)19-22-36(31,32)4;/h5-7,11-12,25-28,30-33H,8-10,13-24H2,1-4H3,(H,37,39);1H/t25-,26?,27?,28?,30+,31-,32+,33+,35+,36-;/m1./s1. The lowest BCUT2D eigenvalue weighted by Crippen LogP contribution is -2.53. The van der Waals surface area contributed by atoms with Crippen molar-refractivity contribution in [2.45, 2.75) is 130 Å². The lowest BCUT2D eigenvalue weighted by molar-refractivity contribution is -0.123. The normalized spacial score (nSPS) is 41.6. The molecule has 5 fully saturated rings. The van der Waals surface area contributed by atoms with Crippen molar-refractivity contribution in [2.75, 3.05) is 11.4 Å². The van der Waals surface area contributed by atoms with Crippen molar-refractivity contribution in [3.8, 4) is 0 Å². The zero-order chi connectivity index (χ0) is 27.2. The van der Waals surface area contributed by atoms with Gasteiger partial charge >= 0.3 is 0 Å². The van der Waals surface area contributed by atoms with Gasteiger partial charge in [-0.1, -0.05) is 51.8 Å². The number of benzene rings is 1. The third-order valence-electron chi connectivity index (χ3n) is 13.5. The van der Waals surface area contributed by atoms with Gasteiger partial charge in [0.25, 0.3) is 0 Å². The summed E-state index contributed by atoms with van der Waals surface area (Å²) in [6.07, 6.45) is 18.6. The largest absolute Gasteiger partial charge is 0.369 e. The molecular formula is C36H57IN2O. The Labute approximate surface area is 262 Å². The van der Waals surface area contributed by atoms with E-state index in [1.807, 2.05) is 0 Å². The van der Waals surface area contributed by atoms with E-state index >= 15 is 0 Å². The van der Waals surface area contributed by atoms with E-state index in [2.05, 4.69) is 68.2 Å². The van der Waals surface area contributed by atoms with Crippen LogP contribution in [0.5, 0.6) is 0 Å². The van der Waals surface area contributed by atoms with E-state index in [1.165, 1.54) is 69.9 Å². The first-order valence-electron chi connectivity index (χ1n) is 16.9. The van der Waals surface area contributed by atoms with Crippen molar-refractivity contribution in [3.63, 3.8) is 0 Å². The highest BCUT2D eigenvalue weighted by Gasteiger charge is 2.60. The zero-order valence-electron chi connectivity index (χ0n) is 25.9. The maximum Gasteiger partial charge on any atom is 0.220 e. The Morgan fingerprint density at radius 3 is 2.50 bits per heavy atom. The van der Waals surface area contributed by atoms with Gasteiger partial charge in [-0.25, -0.2) is 0 Å². The van der Waals surface area contributed by atoms with Crippen molar-refractivity contribution < 1.29 is 4.79 Å². The second-order valence-corrected chi connectivity index (χ2v) is 15.3. The molecule has 0 bridgehead atoms. The van der Waals surface area contributed by atoms with Crippen LogP contribution >= 0.6 is 24.0 Å². The van der Waals surface area contributed by atoms with E-state index in [0.29, 0.717) is 41.2 Å². The van der Waals surface area contributed by atoms with E-state index < -0.39 is 0 Å². The Hall–Kier alpha value is -0.780. The van der Waals surface area contributed by atoms with Crippen molar-refractivity contribution in [3.05, 3.63) is 30.3 Å². The number of rotatable bonds is 6. The van der Waals surface area contributed by atoms with Crippen molar-refractivity contribution >= 4 is 35.6 Å². The van der Waals surface area contributed by atoms with Crippen LogP contribution in [0.25, 0.3) is 0 Å². The van der Waals surface area contributed by atoms with E-state index in [1.54, 1.807) is 0 Å². The lowest BCUT2D eigenvalue weighted by Gasteiger charge is -2.61. The molecule has 4 aliphatic carbocycles. The van der Waals surface area contributed by atoms with E-state index in [9.17, 15) is 4.79 Å².